The Bertz CT molecular complexity index is 1150. The number of fused-ring (bicyclic) bond motifs is 1. The molecule has 0 fully saturated rings. The maximum Gasteiger partial charge on any atom is 0.159 e. The van der Waals surface area contributed by atoms with Crippen molar-refractivity contribution in [1.82, 2.24) is 30.1 Å². The summed E-state index contributed by atoms with van der Waals surface area (Å²) in [5.41, 5.74) is 2.93. The van der Waals surface area contributed by atoms with Gasteiger partial charge in [-0.15, -0.1) is 0 Å². The topological polar surface area (TPSA) is 98.6 Å². The molecule has 0 saturated heterocycles. The van der Waals surface area contributed by atoms with E-state index in [9.17, 15) is 4.39 Å². The Labute approximate surface area is 166 Å². The fourth-order valence-corrected chi connectivity index (χ4v) is 2.92. The normalized spacial score (nSPS) is 12.0. The molecule has 146 valence electrons. The highest BCUT2D eigenvalue weighted by molar-refractivity contribution is 5.96. The van der Waals surface area contributed by atoms with Crippen LogP contribution in [0.15, 0.2) is 43.0 Å². The number of nitrogens with zero attached hydrogens (tertiary/aromatic N) is 6. The van der Waals surface area contributed by atoms with Crippen LogP contribution in [0.25, 0.3) is 22.3 Å². The molecule has 4 aromatic rings. The van der Waals surface area contributed by atoms with E-state index in [1.807, 2.05) is 32.0 Å². The van der Waals surface area contributed by atoms with E-state index in [1.54, 1.807) is 13.2 Å². The standard InChI is InChI=1S/C20H18FN7O/c1-11-4-5-16(28-27-11)12(2)26-20-15-6-13(19-22-8-14(21)9-23-19)7-17(29-3)18(15)24-10-25-20/h4-10,12H,1-3H3,(H,24,25,26). The molecule has 3 heterocycles. The zero-order valence-electron chi connectivity index (χ0n) is 16.1. The van der Waals surface area contributed by atoms with Gasteiger partial charge in [0.15, 0.2) is 11.6 Å². The smallest absolute Gasteiger partial charge is 0.159 e. The number of anilines is 1. The third-order valence-corrected chi connectivity index (χ3v) is 4.42. The number of methoxy groups -OCH3 is 1. The van der Waals surface area contributed by atoms with Gasteiger partial charge in [0.25, 0.3) is 0 Å². The van der Waals surface area contributed by atoms with Gasteiger partial charge >= 0.3 is 0 Å². The second-order valence-electron chi connectivity index (χ2n) is 6.49. The number of hydrogen-bond donors (Lipinski definition) is 1. The van der Waals surface area contributed by atoms with Crippen LogP contribution in [0.4, 0.5) is 10.2 Å². The van der Waals surface area contributed by atoms with E-state index < -0.39 is 5.82 Å². The van der Waals surface area contributed by atoms with Crippen LogP contribution in [-0.4, -0.2) is 37.2 Å². The fourth-order valence-electron chi connectivity index (χ4n) is 2.92. The van der Waals surface area contributed by atoms with Gasteiger partial charge < -0.3 is 10.1 Å². The molecule has 0 radical (unpaired) electrons. The number of ether oxygens (including phenoxy) is 1. The lowest BCUT2D eigenvalue weighted by molar-refractivity contribution is 0.419. The molecule has 0 spiro atoms. The minimum atomic E-state index is -0.500. The number of nitrogens with one attached hydrogen (secondary N) is 1. The maximum atomic E-state index is 13.2. The van der Waals surface area contributed by atoms with E-state index in [2.05, 4.69) is 35.5 Å². The molecule has 0 aliphatic rings. The fraction of sp³-hybridized carbons (Fsp3) is 0.200. The second-order valence-corrected chi connectivity index (χ2v) is 6.49. The summed E-state index contributed by atoms with van der Waals surface area (Å²) in [5.74, 6) is 1.02. The molecule has 29 heavy (non-hydrogen) atoms. The molecule has 0 aliphatic heterocycles. The summed E-state index contributed by atoms with van der Waals surface area (Å²) in [5, 5.41) is 12.4. The summed E-state index contributed by atoms with van der Waals surface area (Å²) in [6, 6.07) is 7.30. The molecule has 9 heteroatoms. The van der Waals surface area contributed by atoms with Crippen LogP contribution in [0.5, 0.6) is 5.75 Å². The number of benzene rings is 1. The maximum absolute atomic E-state index is 13.2. The molecule has 8 nitrogen and oxygen atoms in total. The molecule has 1 atom stereocenters. The zero-order chi connectivity index (χ0) is 20.4. The first-order chi connectivity index (χ1) is 14.0. The molecule has 1 aromatic carbocycles. The summed E-state index contributed by atoms with van der Waals surface area (Å²) >= 11 is 0. The number of halogens is 1. The van der Waals surface area contributed by atoms with Crippen LogP contribution < -0.4 is 10.1 Å². The van der Waals surface area contributed by atoms with Gasteiger partial charge in [-0.3, -0.25) is 0 Å². The Kier molecular flexibility index (Phi) is 4.94. The second kappa shape index (κ2) is 7.70. The summed E-state index contributed by atoms with van der Waals surface area (Å²) in [4.78, 5) is 16.8. The molecule has 0 bridgehead atoms. The summed E-state index contributed by atoms with van der Waals surface area (Å²) in [6.45, 7) is 3.86. The Hall–Kier alpha value is -3.75. The summed E-state index contributed by atoms with van der Waals surface area (Å²) < 4.78 is 18.7. The molecule has 4 rings (SSSR count). The van der Waals surface area contributed by atoms with Crippen molar-refractivity contribution in [2.75, 3.05) is 12.4 Å². The van der Waals surface area contributed by atoms with Crippen molar-refractivity contribution < 1.29 is 9.13 Å². The Balaban J connectivity index is 1.78. The van der Waals surface area contributed by atoms with E-state index in [0.29, 0.717) is 28.5 Å². The molecule has 0 amide bonds. The predicted octanol–water partition coefficient (Wildman–Crippen LogP) is 3.51. The van der Waals surface area contributed by atoms with E-state index >= 15 is 0 Å². The average Bonchev–Trinajstić information content (AvgIpc) is 2.74. The largest absolute Gasteiger partial charge is 0.494 e. The van der Waals surface area contributed by atoms with Gasteiger partial charge in [-0.2, -0.15) is 10.2 Å². The van der Waals surface area contributed by atoms with Crippen LogP contribution in [-0.2, 0) is 0 Å². The van der Waals surface area contributed by atoms with Crippen molar-refractivity contribution in [3.05, 3.63) is 60.2 Å². The van der Waals surface area contributed by atoms with Crippen LogP contribution in [0.3, 0.4) is 0 Å². The van der Waals surface area contributed by atoms with Crippen molar-refractivity contribution >= 4 is 16.7 Å². The third-order valence-electron chi connectivity index (χ3n) is 4.42. The highest BCUT2D eigenvalue weighted by Gasteiger charge is 2.16. The van der Waals surface area contributed by atoms with Gasteiger partial charge in [0, 0.05) is 10.9 Å². The highest BCUT2D eigenvalue weighted by Crippen LogP contribution is 2.33. The monoisotopic (exact) mass is 391 g/mol. The zero-order valence-corrected chi connectivity index (χ0v) is 16.1. The molecule has 0 saturated carbocycles. The number of aromatic nitrogens is 6. The average molecular weight is 391 g/mol. The Morgan fingerprint density at radius 3 is 2.52 bits per heavy atom. The lowest BCUT2D eigenvalue weighted by atomic mass is 10.1. The van der Waals surface area contributed by atoms with Crippen molar-refractivity contribution in [1.29, 1.82) is 0 Å². The summed E-state index contributed by atoms with van der Waals surface area (Å²) in [6.07, 6.45) is 3.71. The van der Waals surface area contributed by atoms with Gasteiger partial charge in [-0.1, -0.05) is 0 Å². The van der Waals surface area contributed by atoms with Crippen molar-refractivity contribution in [3.8, 4) is 17.1 Å². The van der Waals surface area contributed by atoms with Gasteiger partial charge in [0.2, 0.25) is 0 Å². The SMILES string of the molecule is COc1cc(-c2ncc(F)cn2)cc2c(NC(C)c3ccc(C)nn3)ncnc12. The third kappa shape index (κ3) is 3.79. The minimum Gasteiger partial charge on any atom is -0.494 e. The first-order valence-electron chi connectivity index (χ1n) is 8.92. The highest BCUT2D eigenvalue weighted by atomic mass is 19.1. The Morgan fingerprint density at radius 1 is 1.03 bits per heavy atom. The van der Waals surface area contributed by atoms with Gasteiger partial charge in [0.1, 0.15) is 23.4 Å². The molecule has 1 N–H and O–H groups in total. The number of rotatable bonds is 5. The quantitative estimate of drug-likeness (QED) is 0.552. The van der Waals surface area contributed by atoms with Crippen LogP contribution in [0.2, 0.25) is 0 Å². The molecule has 3 aromatic heterocycles. The molecular formula is C20H18FN7O. The van der Waals surface area contributed by atoms with Crippen LogP contribution in [0.1, 0.15) is 24.4 Å². The van der Waals surface area contributed by atoms with Gasteiger partial charge in [-0.25, -0.2) is 24.3 Å². The summed E-state index contributed by atoms with van der Waals surface area (Å²) in [7, 11) is 1.56. The van der Waals surface area contributed by atoms with Crippen LogP contribution in [0, 0.1) is 12.7 Å². The number of hydrogen-bond acceptors (Lipinski definition) is 8. The van der Waals surface area contributed by atoms with Crippen molar-refractivity contribution in [2.45, 2.75) is 19.9 Å². The van der Waals surface area contributed by atoms with Crippen molar-refractivity contribution in [2.24, 2.45) is 0 Å². The predicted molar refractivity (Wildman–Crippen MR) is 106 cm³/mol. The van der Waals surface area contributed by atoms with E-state index in [0.717, 1.165) is 29.2 Å². The molecule has 1 unspecified atom stereocenters. The first-order valence-corrected chi connectivity index (χ1v) is 8.92. The molecule has 0 aliphatic carbocycles. The van der Waals surface area contributed by atoms with Crippen molar-refractivity contribution in [3.63, 3.8) is 0 Å². The first kappa shape index (κ1) is 18.6. The van der Waals surface area contributed by atoms with E-state index in [4.69, 9.17) is 4.74 Å². The minimum absolute atomic E-state index is 0.141. The van der Waals surface area contributed by atoms with Crippen LogP contribution >= 0.6 is 0 Å². The molecular weight excluding hydrogens is 373 g/mol. The lowest BCUT2D eigenvalue weighted by Gasteiger charge is -2.16. The van der Waals surface area contributed by atoms with E-state index in [-0.39, 0.29) is 6.04 Å². The van der Waals surface area contributed by atoms with Gasteiger partial charge in [0.05, 0.1) is 36.9 Å². The Morgan fingerprint density at radius 2 is 1.83 bits per heavy atom. The lowest BCUT2D eigenvalue weighted by Crippen LogP contribution is -2.11. The van der Waals surface area contributed by atoms with E-state index in [1.165, 1.54) is 6.33 Å². The number of aryl methyl sites for hydroxylation is 1. The van der Waals surface area contributed by atoms with Gasteiger partial charge in [-0.05, 0) is 38.1 Å².